The molecule has 0 aliphatic carbocycles. The van der Waals surface area contributed by atoms with Crippen LogP contribution in [0.15, 0.2) is 42.5 Å². The molecule has 0 bridgehead atoms. The van der Waals surface area contributed by atoms with Crippen molar-refractivity contribution in [2.45, 2.75) is 0 Å². The molecule has 0 aliphatic rings. The molecule has 0 spiro atoms. The van der Waals surface area contributed by atoms with E-state index in [-0.39, 0.29) is 22.6 Å². The first kappa shape index (κ1) is 17.1. The predicted molar refractivity (Wildman–Crippen MR) is 80.7 cm³/mol. The van der Waals surface area contributed by atoms with Gasteiger partial charge in [-0.15, -0.1) is 0 Å². The van der Waals surface area contributed by atoms with Gasteiger partial charge in [0.05, 0.1) is 23.2 Å². The largest absolute Gasteiger partial charge is 0.496 e. The quantitative estimate of drug-likeness (QED) is 0.349. The molecule has 0 atom stereocenters. The SMILES string of the molecule is COc1ccc(F)cc1C(=O)COC(=O)c1cccc([N+](=O)[O-])c1. The van der Waals surface area contributed by atoms with Gasteiger partial charge in [-0.1, -0.05) is 6.07 Å². The first-order chi connectivity index (χ1) is 11.4. The lowest BCUT2D eigenvalue weighted by atomic mass is 10.1. The predicted octanol–water partition coefficient (Wildman–Crippen LogP) is 2.78. The van der Waals surface area contributed by atoms with Gasteiger partial charge in [0.25, 0.3) is 5.69 Å². The Morgan fingerprint density at radius 3 is 2.62 bits per heavy atom. The number of ether oxygens (including phenoxy) is 2. The lowest BCUT2D eigenvalue weighted by Gasteiger charge is -2.08. The monoisotopic (exact) mass is 333 g/mol. The lowest BCUT2D eigenvalue weighted by Crippen LogP contribution is -2.15. The molecular weight excluding hydrogens is 321 g/mol. The van der Waals surface area contributed by atoms with E-state index in [1.807, 2.05) is 0 Å². The zero-order valence-electron chi connectivity index (χ0n) is 12.5. The van der Waals surface area contributed by atoms with E-state index in [9.17, 15) is 24.1 Å². The molecular formula is C16H12FNO6. The zero-order chi connectivity index (χ0) is 17.7. The number of hydrogen-bond donors (Lipinski definition) is 0. The van der Waals surface area contributed by atoms with Crippen LogP contribution < -0.4 is 4.74 Å². The van der Waals surface area contributed by atoms with Crippen LogP contribution >= 0.6 is 0 Å². The number of esters is 1. The molecule has 8 heteroatoms. The molecule has 0 amide bonds. The second kappa shape index (κ2) is 7.32. The molecule has 0 heterocycles. The molecule has 7 nitrogen and oxygen atoms in total. The number of methoxy groups -OCH3 is 1. The van der Waals surface area contributed by atoms with Crippen LogP contribution in [-0.2, 0) is 4.74 Å². The lowest BCUT2D eigenvalue weighted by molar-refractivity contribution is -0.384. The number of halogens is 1. The van der Waals surface area contributed by atoms with Crippen molar-refractivity contribution < 1.29 is 28.4 Å². The Hall–Kier alpha value is -3.29. The number of hydrogen-bond acceptors (Lipinski definition) is 6. The van der Waals surface area contributed by atoms with Crippen molar-refractivity contribution in [3.8, 4) is 5.75 Å². The summed E-state index contributed by atoms with van der Waals surface area (Å²) in [6.07, 6.45) is 0. The van der Waals surface area contributed by atoms with Gasteiger partial charge in [-0.25, -0.2) is 9.18 Å². The fourth-order valence-corrected chi connectivity index (χ4v) is 1.94. The van der Waals surface area contributed by atoms with E-state index < -0.39 is 29.1 Å². The Bertz CT molecular complexity index is 805. The molecule has 2 aromatic carbocycles. The number of non-ortho nitro benzene ring substituents is 1. The number of carbonyl (C=O) groups is 2. The van der Waals surface area contributed by atoms with Gasteiger partial charge >= 0.3 is 5.97 Å². The van der Waals surface area contributed by atoms with E-state index in [0.717, 1.165) is 18.2 Å². The zero-order valence-corrected chi connectivity index (χ0v) is 12.5. The van der Waals surface area contributed by atoms with Crippen molar-refractivity contribution in [3.63, 3.8) is 0 Å². The summed E-state index contributed by atoms with van der Waals surface area (Å²) >= 11 is 0. The Balaban J connectivity index is 2.09. The first-order valence-electron chi connectivity index (χ1n) is 6.70. The fraction of sp³-hybridized carbons (Fsp3) is 0.125. The van der Waals surface area contributed by atoms with E-state index in [2.05, 4.69) is 0 Å². The van der Waals surface area contributed by atoms with Gasteiger partial charge in [-0.05, 0) is 24.3 Å². The molecule has 0 saturated carbocycles. The van der Waals surface area contributed by atoms with E-state index in [1.165, 1.54) is 31.4 Å². The van der Waals surface area contributed by atoms with Crippen LogP contribution in [0.3, 0.4) is 0 Å². The summed E-state index contributed by atoms with van der Waals surface area (Å²) in [5.74, 6) is -2.05. The molecule has 2 rings (SSSR count). The number of benzene rings is 2. The van der Waals surface area contributed by atoms with Crippen molar-refractivity contribution in [2.75, 3.05) is 13.7 Å². The third kappa shape index (κ3) is 3.92. The number of rotatable bonds is 6. The highest BCUT2D eigenvalue weighted by molar-refractivity contribution is 6.01. The van der Waals surface area contributed by atoms with Crippen molar-refractivity contribution in [3.05, 3.63) is 69.5 Å². The van der Waals surface area contributed by atoms with Crippen LogP contribution in [0.25, 0.3) is 0 Å². The summed E-state index contributed by atoms with van der Waals surface area (Å²) in [4.78, 5) is 34.0. The van der Waals surface area contributed by atoms with Gasteiger partial charge in [0.15, 0.2) is 6.61 Å². The maximum absolute atomic E-state index is 13.2. The topological polar surface area (TPSA) is 95.7 Å². The third-order valence-corrected chi connectivity index (χ3v) is 3.09. The van der Waals surface area contributed by atoms with Crippen LogP contribution in [-0.4, -0.2) is 30.4 Å². The molecule has 24 heavy (non-hydrogen) atoms. The minimum atomic E-state index is -0.901. The number of nitro groups is 1. The molecule has 0 saturated heterocycles. The third-order valence-electron chi connectivity index (χ3n) is 3.09. The normalized spacial score (nSPS) is 10.1. The maximum atomic E-state index is 13.2. The Morgan fingerprint density at radius 2 is 1.96 bits per heavy atom. The van der Waals surface area contributed by atoms with Gasteiger partial charge in [0.2, 0.25) is 5.78 Å². The number of nitro benzene ring substituents is 1. The minimum Gasteiger partial charge on any atom is -0.496 e. The second-order valence-electron chi connectivity index (χ2n) is 4.65. The average molecular weight is 333 g/mol. The van der Waals surface area contributed by atoms with Gasteiger partial charge in [0.1, 0.15) is 11.6 Å². The van der Waals surface area contributed by atoms with Crippen LogP contribution in [0.5, 0.6) is 5.75 Å². The van der Waals surface area contributed by atoms with Gasteiger partial charge in [0, 0.05) is 12.1 Å². The molecule has 0 radical (unpaired) electrons. The number of Topliss-reactive ketones (excluding diaryl/α,β-unsaturated/α-hetero) is 1. The van der Waals surface area contributed by atoms with E-state index in [1.54, 1.807) is 0 Å². The average Bonchev–Trinajstić information content (AvgIpc) is 2.59. The number of nitrogens with zero attached hydrogens (tertiary/aromatic N) is 1. The van der Waals surface area contributed by atoms with E-state index in [4.69, 9.17) is 9.47 Å². The van der Waals surface area contributed by atoms with Crippen molar-refractivity contribution in [1.82, 2.24) is 0 Å². The number of carbonyl (C=O) groups excluding carboxylic acids is 2. The standard InChI is InChI=1S/C16H12FNO6/c1-23-15-6-5-11(17)8-13(15)14(19)9-24-16(20)10-3-2-4-12(7-10)18(21)22/h2-8H,9H2,1H3. The van der Waals surface area contributed by atoms with Crippen molar-refractivity contribution in [2.24, 2.45) is 0 Å². The van der Waals surface area contributed by atoms with Crippen LogP contribution in [0.4, 0.5) is 10.1 Å². The van der Waals surface area contributed by atoms with Gasteiger partial charge in [-0.3, -0.25) is 14.9 Å². The van der Waals surface area contributed by atoms with E-state index >= 15 is 0 Å². The summed E-state index contributed by atoms with van der Waals surface area (Å²) in [5, 5.41) is 10.7. The fourth-order valence-electron chi connectivity index (χ4n) is 1.94. The highest BCUT2D eigenvalue weighted by Crippen LogP contribution is 2.20. The van der Waals surface area contributed by atoms with Crippen molar-refractivity contribution in [1.29, 1.82) is 0 Å². The Labute approximate surface area is 135 Å². The molecule has 0 aromatic heterocycles. The first-order valence-corrected chi connectivity index (χ1v) is 6.70. The van der Waals surface area contributed by atoms with Gasteiger partial charge in [-0.2, -0.15) is 0 Å². The highest BCUT2D eigenvalue weighted by atomic mass is 19.1. The van der Waals surface area contributed by atoms with Gasteiger partial charge < -0.3 is 9.47 Å². The minimum absolute atomic E-state index is 0.0654. The van der Waals surface area contributed by atoms with Crippen LogP contribution in [0, 0.1) is 15.9 Å². The summed E-state index contributed by atoms with van der Waals surface area (Å²) in [6.45, 7) is -0.651. The molecule has 0 aliphatic heterocycles. The summed E-state index contributed by atoms with van der Waals surface area (Å²) in [7, 11) is 1.32. The maximum Gasteiger partial charge on any atom is 0.338 e. The Morgan fingerprint density at radius 1 is 1.21 bits per heavy atom. The Kier molecular flexibility index (Phi) is 5.20. The summed E-state index contributed by atoms with van der Waals surface area (Å²) in [5.41, 5.74) is -0.407. The number of ketones is 1. The molecule has 2 aromatic rings. The molecule has 124 valence electrons. The van der Waals surface area contributed by atoms with E-state index in [0.29, 0.717) is 0 Å². The molecule has 0 fully saturated rings. The van der Waals surface area contributed by atoms with Crippen LogP contribution in [0.1, 0.15) is 20.7 Å². The van der Waals surface area contributed by atoms with Crippen LogP contribution in [0.2, 0.25) is 0 Å². The second-order valence-corrected chi connectivity index (χ2v) is 4.65. The summed E-state index contributed by atoms with van der Waals surface area (Å²) < 4.78 is 23.0. The molecule has 0 N–H and O–H groups in total. The summed E-state index contributed by atoms with van der Waals surface area (Å²) in [6, 6.07) is 8.29. The molecule has 0 unspecified atom stereocenters. The smallest absolute Gasteiger partial charge is 0.338 e. The highest BCUT2D eigenvalue weighted by Gasteiger charge is 2.17. The van der Waals surface area contributed by atoms with Crippen molar-refractivity contribution >= 4 is 17.4 Å².